The van der Waals surface area contributed by atoms with Crippen molar-refractivity contribution in [3.63, 3.8) is 0 Å². The zero-order valence-electron chi connectivity index (χ0n) is 36.1. The van der Waals surface area contributed by atoms with Crippen molar-refractivity contribution >= 4 is 17.7 Å². The molecule has 0 aromatic heterocycles. The van der Waals surface area contributed by atoms with E-state index in [9.17, 15) is 19.6 Å². The number of hydrogen-bond acceptors (Lipinski definition) is 6. The number of unbranched alkanes of at least 4 members (excludes halogenated alkanes) is 15. The molecule has 0 saturated heterocycles. The molecule has 2 unspecified atom stereocenters. The van der Waals surface area contributed by atoms with E-state index in [0.717, 1.165) is 19.3 Å². The minimum atomic E-state index is -0.628. The number of aryl methyl sites for hydroxylation is 1. The molecule has 0 heterocycles. The van der Waals surface area contributed by atoms with E-state index >= 15 is 0 Å². The SMILES string of the molecule is CCC(C)C(C)C(=O)Oc1ccc(OC(=O)c2ccc(C(=O)c3ccc(CCCCCCCCCCCCCCCCCCC(C)(C)CC)cc3)cc2)cc1C#N. The van der Waals surface area contributed by atoms with Crippen LogP contribution in [0.4, 0.5) is 0 Å². The average Bonchev–Trinajstić information content (AvgIpc) is 3.23. The van der Waals surface area contributed by atoms with E-state index in [1.165, 1.54) is 133 Å². The van der Waals surface area contributed by atoms with Gasteiger partial charge in [-0.15, -0.1) is 0 Å². The van der Waals surface area contributed by atoms with E-state index in [2.05, 4.69) is 20.8 Å². The minimum Gasteiger partial charge on any atom is -0.425 e. The van der Waals surface area contributed by atoms with Gasteiger partial charge in [0.2, 0.25) is 0 Å². The summed E-state index contributed by atoms with van der Waals surface area (Å²) in [4.78, 5) is 38.6. The number of rotatable bonds is 28. The maximum absolute atomic E-state index is 13.2. The van der Waals surface area contributed by atoms with Crippen LogP contribution in [0.3, 0.4) is 0 Å². The molecule has 0 N–H and O–H groups in total. The lowest BCUT2D eigenvalue weighted by atomic mass is 9.84. The van der Waals surface area contributed by atoms with Crippen LogP contribution in [-0.2, 0) is 11.2 Å². The van der Waals surface area contributed by atoms with E-state index in [0.29, 0.717) is 16.5 Å². The van der Waals surface area contributed by atoms with Gasteiger partial charge < -0.3 is 9.47 Å². The second-order valence-electron chi connectivity index (χ2n) is 17.0. The summed E-state index contributed by atoms with van der Waals surface area (Å²) in [6, 6.07) is 20.5. The number of hydrogen-bond donors (Lipinski definition) is 0. The molecule has 0 fully saturated rings. The van der Waals surface area contributed by atoms with Gasteiger partial charge >= 0.3 is 11.9 Å². The summed E-state index contributed by atoms with van der Waals surface area (Å²) in [5.74, 6) is -1.05. The second-order valence-corrected chi connectivity index (χ2v) is 17.0. The van der Waals surface area contributed by atoms with Gasteiger partial charge in [0, 0.05) is 17.2 Å². The van der Waals surface area contributed by atoms with E-state index in [4.69, 9.17) is 9.47 Å². The highest BCUT2D eigenvalue weighted by molar-refractivity contribution is 6.09. The molecule has 0 amide bonds. The van der Waals surface area contributed by atoms with Crippen molar-refractivity contribution in [3.05, 3.63) is 94.5 Å². The van der Waals surface area contributed by atoms with Gasteiger partial charge in [-0.1, -0.05) is 187 Å². The zero-order valence-corrected chi connectivity index (χ0v) is 36.1. The molecular formula is C51H71NO5. The molecule has 3 aromatic carbocycles. The number of esters is 2. The van der Waals surface area contributed by atoms with E-state index < -0.39 is 11.9 Å². The molecule has 0 spiro atoms. The van der Waals surface area contributed by atoms with E-state index in [-0.39, 0.29) is 40.2 Å². The molecular weight excluding hydrogens is 707 g/mol. The fraction of sp³-hybridized carbons (Fsp3) is 0.569. The van der Waals surface area contributed by atoms with Crippen molar-refractivity contribution < 1.29 is 23.9 Å². The third kappa shape index (κ3) is 17.4. The Morgan fingerprint density at radius 2 is 1.11 bits per heavy atom. The fourth-order valence-corrected chi connectivity index (χ4v) is 7.03. The van der Waals surface area contributed by atoms with E-state index in [1.54, 1.807) is 31.2 Å². The maximum atomic E-state index is 13.2. The molecule has 0 radical (unpaired) electrons. The lowest BCUT2D eigenvalue weighted by Gasteiger charge is -2.22. The van der Waals surface area contributed by atoms with Crippen molar-refractivity contribution in [2.24, 2.45) is 17.3 Å². The molecule has 2 atom stereocenters. The van der Waals surface area contributed by atoms with Crippen LogP contribution < -0.4 is 9.47 Å². The smallest absolute Gasteiger partial charge is 0.343 e. The van der Waals surface area contributed by atoms with Crippen LogP contribution in [0.15, 0.2) is 66.7 Å². The minimum absolute atomic E-state index is 0.0900. The average molecular weight is 778 g/mol. The van der Waals surface area contributed by atoms with Gasteiger partial charge in [-0.2, -0.15) is 5.26 Å². The Balaban J connectivity index is 1.27. The summed E-state index contributed by atoms with van der Waals surface area (Å²) >= 11 is 0. The topological polar surface area (TPSA) is 93.5 Å². The number of benzene rings is 3. The van der Waals surface area contributed by atoms with Crippen LogP contribution in [-0.4, -0.2) is 17.7 Å². The number of carbonyl (C=O) groups is 3. The zero-order chi connectivity index (χ0) is 41.5. The third-order valence-corrected chi connectivity index (χ3v) is 12.0. The quantitative estimate of drug-likeness (QED) is 0.0315. The molecule has 3 aromatic rings. The predicted octanol–water partition coefficient (Wildman–Crippen LogP) is 14.2. The van der Waals surface area contributed by atoms with Crippen molar-refractivity contribution in [3.8, 4) is 17.6 Å². The van der Waals surface area contributed by atoms with Crippen molar-refractivity contribution in [2.45, 2.75) is 170 Å². The number of nitrogens with zero attached hydrogens (tertiary/aromatic N) is 1. The normalized spacial score (nSPS) is 12.4. The Morgan fingerprint density at radius 3 is 1.60 bits per heavy atom. The molecule has 0 aliphatic heterocycles. The van der Waals surface area contributed by atoms with Crippen LogP contribution in [0.2, 0.25) is 0 Å². The molecule has 3 rings (SSSR count). The van der Waals surface area contributed by atoms with Crippen molar-refractivity contribution in [1.29, 1.82) is 5.26 Å². The maximum Gasteiger partial charge on any atom is 0.343 e. The van der Waals surface area contributed by atoms with Crippen LogP contribution >= 0.6 is 0 Å². The summed E-state index contributed by atoms with van der Waals surface area (Å²) in [5.41, 5.74) is 3.22. The van der Waals surface area contributed by atoms with E-state index in [1.807, 2.05) is 44.2 Å². The van der Waals surface area contributed by atoms with Crippen molar-refractivity contribution in [1.82, 2.24) is 0 Å². The molecule has 0 aliphatic carbocycles. The first-order valence-electron chi connectivity index (χ1n) is 22.2. The van der Waals surface area contributed by atoms with Gasteiger partial charge in [-0.05, 0) is 60.4 Å². The molecule has 310 valence electrons. The van der Waals surface area contributed by atoms with Crippen LogP contribution in [0, 0.1) is 28.6 Å². The highest BCUT2D eigenvalue weighted by atomic mass is 16.5. The monoisotopic (exact) mass is 778 g/mol. The summed E-state index contributed by atoms with van der Waals surface area (Å²) in [6.07, 6.45) is 26.3. The summed E-state index contributed by atoms with van der Waals surface area (Å²) in [7, 11) is 0. The molecule has 0 aliphatic rings. The predicted molar refractivity (Wildman–Crippen MR) is 233 cm³/mol. The first-order valence-corrected chi connectivity index (χ1v) is 22.2. The Bertz CT molecular complexity index is 1680. The van der Waals surface area contributed by atoms with Gasteiger partial charge in [0.25, 0.3) is 0 Å². The van der Waals surface area contributed by atoms with Gasteiger partial charge in [-0.25, -0.2) is 4.79 Å². The first kappa shape index (κ1) is 47.1. The summed E-state index contributed by atoms with van der Waals surface area (Å²) < 4.78 is 11.0. The fourth-order valence-electron chi connectivity index (χ4n) is 7.03. The standard InChI is InChI=1S/C51H71NO5/c1-7-39(3)40(4)49(54)57-47-35-34-46(37-45(47)38-52)56-50(55)44-32-30-43(31-33-44)48(53)42-28-26-41(27-29-42)25-23-21-19-17-15-13-11-9-10-12-14-16-18-20-22-24-36-51(5,6)8-2/h26-35,37,39-40H,7-25,36H2,1-6H3. The second kappa shape index (κ2) is 25.9. The van der Waals surface area contributed by atoms with Gasteiger partial charge in [0.1, 0.15) is 17.6 Å². The molecule has 6 heteroatoms. The van der Waals surface area contributed by atoms with Crippen LogP contribution in [0.5, 0.6) is 11.5 Å². The Labute approximate surface area is 345 Å². The number of nitriles is 1. The molecule has 0 bridgehead atoms. The Morgan fingerprint density at radius 1 is 0.632 bits per heavy atom. The van der Waals surface area contributed by atoms with Gasteiger partial charge in [-0.3, -0.25) is 9.59 Å². The van der Waals surface area contributed by atoms with Crippen LogP contribution in [0.1, 0.15) is 201 Å². The van der Waals surface area contributed by atoms with Gasteiger partial charge in [0.05, 0.1) is 17.0 Å². The number of ketones is 1. The molecule has 0 saturated carbocycles. The Hall–Kier alpha value is -4.24. The van der Waals surface area contributed by atoms with Crippen molar-refractivity contribution in [2.75, 3.05) is 0 Å². The summed E-state index contributed by atoms with van der Waals surface area (Å²) in [6.45, 7) is 12.9. The van der Waals surface area contributed by atoms with Gasteiger partial charge in [0.15, 0.2) is 5.78 Å². The highest BCUT2D eigenvalue weighted by Crippen LogP contribution is 2.28. The Kier molecular flexibility index (Phi) is 21.4. The molecule has 57 heavy (non-hydrogen) atoms. The number of ether oxygens (including phenoxy) is 2. The highest BCUT2D eigenvalue weighted by Gasteiger charge is 2.22. The van der Waals surface area contributed by atoms with Crippen LogP contribution in [0.25, 0.3) is 0 Å². The lowest BCUT2D eigenvalue weighted by Crippen LogP contribution is -2.23. The lowest BCUT2D eigenvalue weighted by molar-refractivity contribution is -0.140. The third-order valence-electron chi connectivity index (χ3n) is 12.0. The largest absolute Gasteiger partial charge is 0.425 e. The summed E-state index contributed by atoms with van der Waals surface area (Å²) in [5, 5.41) is 9.62. The molecule has 6 nitrogen and oxygen atoms in total. The number of carbonyl (C=O) groups excluding carboxylic acids is 3. The first-order chi connectivity index (χ1) is 27.5.